The van der Waals surface area contributed by atoms with Crippen molar-refractivity contribution in [3.05, 3.63) is 0 Å². The van der Waals surface area contributed by atoms with Gasteiger partial charge in [0.15, 0.2) is 0 Å². The molecule has 4 unspecified atom stereocenters. The van der Waals surface area contributed by atoms with Crippen LogP contribution in [0.3, 0.4) is 0 Å². The zero-order valence-corrected chi connectivity index (χ0v) is 9.83. The Labute approximate surface area is 87.3 Å². The lowest BCUT2D eigenvalue weighted by Gasteiger charge is -2.42. The molecule has 1 fully saturated rings. The summed E-state index contributed by atoms with van der Waals surface area (Å²) in [6.45, 7) is 7.81. The zero-order valence-electron chi connectivity index (χ0n) is 9.83. The average molecular weight is 200 g/mol. The molecule has 0 radical (unpaired) electrons. The van der Waals surface area contributed by atoms with Gasteiger partial charge >= 0.3 is 0 Å². The van der Waals surface area contributed by atoms with Gasteiger partial charge in [0.1, 0.15) is 0 Å². The van der Waals surface area contributed by atoms with Crippen molar-refractivity contribution < 1.29 is 10.2 Å². The van der Waals surface area contributed by atoms with Crippen LogP contribution in [0.25, 0.3) is 0 Å². The van der Waals surface area contributed by atoms with Crippen LogP contribution < -0.4 is 0 Å². The lowest BCUT2D eigenvalue weighted by atomic mass is 9.66. The van der Waals surface area contributed by atoms with Crippen molar-refractivity contribution in [1.82, 2.24) is 0 Å². The molecule has 2 heteroatoms. The maximum absolute atomic E-state index is 10.0. The van der Waals surface area contributed by atoms with Crippen molar-refractivity contribution in [2.75, 3.05) is 0 Å². The Hall–Kier alpha value is -0.0800. The van der Waals surface area contributed by atoms with Gasteiger partial charge in [0, 0.05) is 0 Å². The summed E-state index contributed by atoms with van der Waals surface area (Å²) in [6.07, 6.45) is 2.97. The molecule has 84 valence electrons. The zero-order chi connectivity index (χ0) is 10.9. The van der Waals surface area contributed by atoms with Crippen molar-refractivity contribution in [1.29, 1.82) is 0 Å². The van der Waals surface area contributed by atoms with Crippen LogP contribution >= 0.6 is 0 Å². The summed E-state index contributed by atoms with van der Waals surface area (Å²) in [5, 5.41) is 19.8. The molecule has 0 amide bonds. The second kappa shape index (κ2) is 4.19. The molecule has 0 aromatic heterocycles. The molecule has 0 spiro atoms. The maximum Gasteiger partial charge on any atom is 0.0623 e. The minimum atomic E-state index is -0.651. The summed E-state index contributed by atoms with van der Waals surface area (Å²) in [4.78, 5) is 0. The van der Waals surface area contributed by atoms with Crippen LogP contribution in [-0.2, 0) is 0 Å². The summed E-state index contributed by atoms with van der Waals surface area (Å²) >= 11 is 0. The Morgan fingerprint density at radius 3 is 2.29 bits per heavy atom. The molecular weight excluding hydrogens is 176 g/mol. The molecule has 0 aromatic carbocycles. The van der Waals surface area contributed by atoms with E-state index in [0.717, 1.165) is 12.8 Å². The van der Waals surface area contributed by atoms with Crippen LogP contribution in [0.15, 0.2) is 0 Å². The molecule has 1 aliphatic carbocycles. The molecular formula is C12H24O2. The first-order valence-electron chi connectivity index (χ1n) is 5.72. The van der Waals surface area contributed by atoms with Gasteiger partial charge < -0.3 is 10.2 Å². The van der Waals surface area contributed by atoms with E-state index in [-0.39, 0.29) is 17.9 Å². The normalized spacial score (nSPS) is 36.9. The van der Waals surface area contributed by atoms with Gasteiger partial charge in [0.25, 0.3) is 0 Å². The molecule has 0 heterocycles. The molecule has 2 nitrogen and oxygen atoms in total. The molecule has 0 saturated heterocycles. The summed E-state index contributed by atoms with van der Waals surface area (Å²) < 4.78 is 0. The fraction of sp³-hybridized carbons (Fsp3) is 1.00. The van der Waals surface area contributed by atoms with Gasteiger partial charge in [-0.15, -0.1) is 0 Å². The Kier molecular flexibility index (Phi) is 3.59. The Bertz CT molecular complexity index is 181. The van der Waals surface area contributed by atoms with Gasteiger partial charge in [-0.2, -0.15) is 0 Å². The van der Waals surface area contributed by atoms with Crippen LogP contribution in [0, 0.1) is 17.8 Å². The molecule has 14 heavy (non-hydrogen) atoms. The molecule has 1 aliphatic rings. The molecule has 2 N–H and O–H groups in total. The first-order valence-corrected chi connectivity index (χ1v) is 5.72. The summed E-state index contributed by atoms with van der Waals surface area (Å²) in [6, 6.07) is 0. The van der Waals surface area contributed by atoms with Crippen molar-refractivity contribution in [2.24, 2.45) is 17.8 Å². The topological polar surface area (TPSA) is 40.5 Å². The van der Waals surface area contributed by atoms with Crippen molar-refractivity contribution in [3.8, 4) is 0 Å². The second-order valence-electron chi connectivity index (χ2n) is 5.58. The number of aliphatic hydroxyl groups excluding tert-OH is 1. The van der Waals surface area contributed by atoms with Gasteiger partial charge in [0.05, 0.1) is 11.7 Å². The van der Waals surface area contributed by atoms with Gasteiger partial charge in [-0.3, -0.25) is 0 Å². The minimum Gasteiger partial charge on any atom is -0.393 e. The van der Waals surface area contributed by atoms with E-state index in [0.29, 0.717) is 5.92 Å². The van der Waals surface area contributed by atoms with E-state index in [4.69, 9.17) is 0 Å². The Morgan fingerprint density at radius 2 is 1.86 bits per heavy atom. The molecule has 0 bridgehead atoms. The minimum absolute atomic E-state index is 0.249. The number of aliphatic hydroxyl groups is 2. The molecule has 1 rings (SSSR count). The van der Waals surface area contributed by atoms with E-state index in [1.54, 1.807) is 0 Å². The van der Waals surface area contributed by atoms with Crippen LogP contribution in [-0.4, -0.2) is 21.9 Å². The lowest BCUT2D eigenvalue weighted by Crippen LogP contribution is -2.43. The fourth-order valence-corrected chi connectivity index (χ4v) is 2.84. The predicted molar refractivity (Wildman–Crippen MR) is 58.0 cm³/mol. The number of rotatable bonds is 2. The van der Waals surface area contributed by atoms with Crippen LogP contribution in [0.4, 0.5) is 0 Å². The molecule has 0 aliphatic heterocycles. The quantitative estimate of drug-likeness (QED) is 0.717. The van der Waals surface area contributed by atoms with Crippen molar-refractivity contribution in [3.63, 3.8) is 0 Å². The van der Waals surface area contributed by atoms with E-state index in [1.165, 1.54) is 6.42 Å². The van der Waals surface area contributed by atoms with E-state index in [2.05, 4.69) is 6.92 Å². The van der Waals surface area contributed by atoms with Crippen LogP contribution in [0.1, 0.15) is 47.0 Å². The van der Waals surface area contributed by atoms with E-state index in [1.807, 2.05) is 20.8 Å². The monoisotopic (exact) mass is 200 g/mol. The highest BCUT2D eigenvalue weighted by molar-refractivity contribution is 4.89. The van der Waals surface area contributed by atoms with Gasteiger partial charge in [0.2, 0.25) is 0 Å². The first kappa shape index (κ1) is 12.0. The maximum atomic E-state index is 10.0. The van der Waals surface area contributed by atoms with E-state index < -0.39 is 5.60 Å². The highest BCUT2D eigenvalue weighted by Gasteiger charge is 2.39. The number of hydrogen-bond donors (Lipinski definition) is 2. The van der Waals surface area contributed by atoms with E-state index >= 15 is 0 Å². The van der Waals surface area contributed by atoms with Gasteiger partial charge in [-0.25, -0.2) is 0 Å². The third kappa shape index (κ3) is 2.71. The number of hydrogen-bond acceptors (Lipinski definition) is 2. The smallest absolute Gasteiger partial charge is 0.0623 e. The molecule has 1 saturated carbocycles. The Morgan fingerprint density at radius 1 is 1.29 bits per heavy atom. The SMILES string of the molecule is CC1CCC(C(C)(C)O)C(C(C)O)C1. The summed E-state index contributed by atoms with van der Waals surface area (Å²) in [5.74, 6) is 1.20. The standard InChI is InChI=1S/C12H24O2/c1-8-5-6-11(12(3,4)14)10(7-8)9(2)13/h8-11,13-14H,5-7H2,1-4H3. The van der Waals surface area contributed by atoms with Gasteiger partial charge in [-0.05, 0) is 51.4 Å². The lowest BCUT2D eigenvalue weighted by molar-refractivity contribution is -0.0680. The third-order valence-electron chi connectivity index (χ3n) is 3.69. The summed E-state index contributed by atoms with van der Waals surface area (Å²) in [5.41, 5.74) is -0.651. The van der Waals surface area contributed by atoms with Crippen LogP contribution in [0.5, 0.6) is 0 Å². The molecule has 0 aromatic rings. The predicted octanol–water partition coefficient (Wildman–Crippen LogP) is 2.19. The summed E-state index contributed by atoms with van der Waals surface area (Å²) in [7, 11) is 0. The third-order valence-corrected chi connectivity index (χ3v) is 3.69. The van der Waals surface area contributed by atoms with Crippen LogP contribution in [0.2, 0.25) is 0 Å². The molecule has 4 atom stereocenters. The van der Waals surface area contributed by atoms with Gasteiger partial charge in [-0.1, -0.05) is 13.3 Å². The van der Waals surface area contributed by atoms with Crippen molar-refractivity contribution in [2.45, 2.75) is 58.7 Å². The fourth-order valence-electron chi connectivity index (χ4n) is 2.84. The highest BCUT2D eigenvalue weighted by atomic mass is 16.3. The van der Waals surface area contributed by atoms with E-state index in [9.17, 15) is 10.2 Å². The average Bonchev–Trinajstić information content (AvgIpc) is 2.01. The first-order chi connectivity index (χ1) is 6.32. The highest BCUT2D eigenvalue weighted by Crippen LogP contribution is 2.41. The Balaban J connectivity index is 2.73. The second-order valence-corrected chi connectivity index (χ2v) is 5.58. The largest absolute Gasteiger partial charge is 0.393 e. The van der Waals surface area contributed by atoms with Crippen molar-refractivity contribution >= 4 is 0 Å².